The fourth-order valence-corrected chi connectivity index (χ4v) is 5.54. The lowest BCUT2D eigenvalue weighted by atomic mass is 9.85. The molecule has 0 radical (unpaired) electrons. The van der Waals surface area contributed by atoms with E-state index in [4.69, 9.17) is 5.11 Å². The Morgan fingerprint density at radius 2 is 2.00 bits per heavy atom. The molecule has 1 aromatic rings. The Balaban J connectivity index is 2.14. The number of carboxylic acid groups (broad SMARTS) is 1. The van der Waals surface area contributed by atoms with Crippen molar-refractivity contribution >= 4 is 27.3 Å². The van der Waals surface area contributed by atoms with Crippen LogP contribution in [0.4, 0.5) is 0 Å². The molecule has 0 aromatic carbocycles. The second-order valence-electron chi connectivity index (χ2n) is 5.69. The molecule has 0 bridgehead atoms. The zero-order valence-electron chi connectivity index (χ0n) is 12.3. The average molecular weight is 331 g/mol. The van der Waals surface area contributed by atoms with Gasteiger partial charge in [-0.1, -0.05) is 19.3 Å². The highest BCUT2D eigenvalue weighted by atomic mass is 32.2. The Labute approximate surface area is 129 Å². The van der Waals surface area contributed by atoms with E-state index < -0.39 is 16.0 Å². The minimum absolute atomic E-state index is 0.0834. The molecule has 21 heavy (non-hydrogen) atoms. The summed E-state index contributed by atoms with van der Waals surface area (Å²) in [5.74, 6) is -0.715. The van der Waals surface area contributed by atoms with E-state index in [1.807, 2.05) is 6.92 Å². The number of aromatic carboxylic acids is 1. The molecule has 0 unspecified atom stereocenters. The molecule has 1 fully saturated rings. The van der Waals surface area contributed by atoms with Gasteiger partial charge in [-0.3, -0.25) is 0 Å². The van der Waals surface area contributed by atoms with E-state index in [1.54, 1.807) is 6.92 Å². The number of hydrogen-bond donors (Lipinski definition) is 2. The molecule has 1 heterocycles. The molecule has 2 N–H and O–H groups in total. The molecule has 1 aliphatic carbocycles. The van der Waals surface area contributed by atoms with Crippen LogP contribution in [0.25, 0.3) is 0 Å². The van der Waals surface area contributed by atoms with Gasteiger partial charge in [-0.2, -0.15) is 0 Å². The Kier molecular flexibility index (Phi) is 5.06. The number of sulfonamides is 1. The van der Waals surface area contributed by atoms with Crippen LogP contribution in [-0.4, -0.2) is 25.5 Å². The van der Waals surface area contributed by atoms with Crippen LogP contribution in [0.2, 0.25) is 0 Å². The molecule has 5 nitrogen and oxygen atoms in total. The SMILES string of the molecule is Cc1cc(S(=O)(=O)N[C@H](C)C2CCCCC2)sc1C(=O)O. The third-order valence-corrected chi connectivity index (χ3v) is 7.31. The van der Waals surface area contributed by atoms with Crippen LogP contribution in [0, 0.1) is 12.8 Å². The van der Waals surface area contributed by atoms with E-state index in [2.05, 4.69) is 4.72 Å². The van der Waals surface area contributed by atoms with Crippen molar-refractivity contribution in [3.05, 3.63) is 16.5 Å². The predicted octanol–water partition coefficient (Wildman–Crippen LogP) is 3.00. The van der Waals surface area contributed by atoms with Crippen molar-refractivity contribution < 1.29 is 18.3 Å². The molecule has 0 saturated heterocycles. The largest absolute Gasteiger partial charge is 0.477 e. The fraction of sp³-hybridized carbons (Fsp3) is 0.643. The standard InChI is InChI=1S/C14H21NO4S2/c1-9-8-12(20-13(9)14(16)17)21(18,19)15-10(2)11-6-4-3-5-7-11/h8,10-11,15H,3-7H2,1-2H3,(H,16,17)/t10-/m1/s1. The van der Waals surface area contributed by atoms with Crippen LogP contribution in [0.1, 0.15) is 54.3 Å². The number of nitrogens with one attached hydrogen (secondary N) is 1. The maximum atomic E-state index is 12.4. The van der Waals surface area contributed by atoms with Crippen LogP contribution in [0.3, 0.4) is 0 Å². The first-order chi connectivity index (χ1) is 9.81. The number of carboxylic acids is 1. The number of thiophene rings is 1. The van der Waals surface area contributed by atoms with Gasteiger partial charge in [-0.05, 0) is 44.2 Å². The summed E-state index contributed by atoms with van der Waals surface area (Å²) >= 11 is 0.813. The number of hydrogen-bond acceptors (Lipinski definition) is 4. The van der Waals surface area contributed by atoms with Crippen molar-refractivity contribution in [2.75, 3.05) is 0 Å². The highest BCUT2D eigenvalue weighted by Gasteiger charge is 2.27. The third-order valence-electron chi connectivity index (χ3n) is 4.05. The summed E-state index contributed by atoms with van der Waals surface area (Å²) in [6.07, 6.45) is 5.62. The van der Waals surface area contributed by atoms with Gasteiger partial charge in [0.1, 0.15) is 9.09 Å². The van der Waals surface area contributed by atoms with Gasteiger partial charge in [0.25, 0.3) is 0 Å². The zero-order chi connectivity index (χ0) is 15.6. The number of aryl methyl sites for hydroxylation is 1. The lowest BCUT2D eigenvalue weighted by molar-refractivity contribution is 0.0701. The maximum absolute atomic E-state index is 12.4. The van der Waals surface area contributed by atoms with Crippen molar-refractivity contribution in [1.29, 1.82) is 0 Å². The fourth-order valence-electron chi connectivity index (χ4n) is 2.83. The monoisotopic (exact) mass is 331 g/mol. The molecular weight excluding hydrogens is 310 g/mol. The van der Waals surface area contributed by atoms with Gasteiger partial charge < -0.3 is 5.11 Å². The van der Waals surface area contributed by atoms with Crippen molar-refractivity contribution in [3.63, 3.8) is 0 Å². The van der Waals surface area contributed by atoms with Crippen LogP contribution in [0.15, 0.2) is 10.3 Å². The Morgan fingerprint density at radius 1 is 1.38 bits per heavy atom. The molecule has 1 saturated carbocycles. The topological polar surface area (TPSA) is 83.5 Å². The first-order valence-electron chi connectivity index (χ1n) is 7.17. The van der Waals surface area contributed by atoms with Crippen molar-refractivity contribution in [2.45, 2.75) is 56.2 Å². The lowest BCUT2D eigenvalue weighted by Crippen LogP contribution is -2.38. The zero-order valence-corrected chi connectivity index (χ0v) is 13.9. The van der Waals surface area contributed by atoms with Crippen molar-refractivity contribution in [2.24, 2.45) is 5.92 Å². The van der Waals surface area contributed by atoms with Gasteiger partial charge in [0.2, 0.25) is 10.0 Å². The highest BCUT2D eigenvalue weighted by molar-refractivity contribution is 7.91. The molecule has 2 rings (SSSR count). The summed E-state index contributed by atoms with van der Waals surface area (Å²) in [5, 5.41) is 9.03. The van der Waals surface area contributed by atoms with Crippen molar-refractivity contribution in [3.8, 4) is 0 Å². The lowest BCUT2D eigenvalue weighted by Gasteiger charge is -2.27. The number of rotatable bonds is 5. The first-order valence-corrected chi connectivity index (χ1v) is 9.47. The maximum Gasteiger partial charge on any atom is 0.346 e. The average Bonchev–Trinajstić information content (AvgIpc) is 2.82. The van der Waals surface area contributed by atoms with Crippen molar-refractivity contribution in [1.82, 2.24) is 4.72 Å². The summed E-state index contributed by atoms with van der Waals surface area (Å²) in [6.45, 7) is 3.51. The Bertz CT molecular complexity index is 615. The molecular formula is C14H21NO4S2. The first kappa shape index (κ1) is 16.5. The normalized spacial score (nSPS) is 18.6. The van der Waals surface area contributed by atoms with Crippen LogP contribution >= 0.6 is 11.3 Å². The van der Waals surface area contributed by atoms with Gasteiger partial charge in [0.05, 0.1) is 0 Å². The highest BCUT2D eigenvalue weighted by Crippen LogP contribution is 2.29. The van der Waals surface area contributed by atoms with Gasteiger partial charge in [-0.15, -0.1) is 11.3 Å². The van der Waals surface area contributed by atoms with Gasteiger partial charge in [0.15, 0.2) is 0 Å². The molecule has 7 heteroatoms. The smallest absolute Gasteiger partial charge is 0.346 e. The van der Waals surface area contributed by atoms with Gasteiger partial charge in [-0.25, -0.2) is 17.9 Å². The predicted molar refractivity (Wildman–Crippen MR) is 82.4 cm³/mol. The Morgan fingerprint density at radius 3 is 2.52 bits per heavy atom. The van der Waals surface area contributed by atoms with E-state index >= 15 is 0 Å². The second kappa shape index (κ2) is 6.46. The molecule has 1 atom stereocenters. The van der Waals surface area contributed by atoms with E-state index in [0.717, 1.165) is 37.0 Å². The molecule has 1 aliphatic rings. The Hall–Kier alpha value is -0.920. The van der Waals surface area contributed by atoms with E-state index in [0.29, 0.717) is 11.5 Å². The molecule has 0 amide bonds. The second-order valence-corrected chi connectivity index (χ2v) is 8.68. The molecule has 1 aromatic heterocycles. The summed E-state index contributed by atoms with van der Waals surface area (Å²) in [6, 6.07) is 1.32. The summed E-state index contributed by atoms with van der Waals surface area (Å²) in [5.41, 5.74) is 0.484. The summed E-state index contributed by atoms with van der Waals surface area (Å²) < 4.78 is 27.6. The molecule has 0 aliphatic heterocycles. The quantitative estimate of drug-likeness (QED) is 0.869. The van der Waals surface area contributed by atoms with E-state index in [-0.39, 0.29) is 15.1 Å². The molecule has 0 spiro atoms. The van der Waals surface area contributed by atoms with Gasteiger partial charge >= 0.3 is 5.97 Å². The van der Waals surface area contributed by atoms with Crippen LogP contribution in [-0.2, 0) is 10.0 Å². The van der Waals surface area contributed by atoms with E-state index in [9.17, 15) is 13.2 Å². The van der Waals surface area contributed by atoms with E-state index in [1.165, 1.54) is 12.5 Å². The van der Waals surface area contributed by atoms with Crippen LogP contribution < -0.4 is 4.72 Å². The number of carbonyl (C=O) groups is 1. The summed E-state index contributed by atoms with van der Waals surface area (Å²) in [7, 11) is -3.64. The third kappa shape index (κ3) is 3.84. The van der Waals surface area contributed by atoms with Gasteiger partial charge in [0, 0.05) is 6.04 Å². The molecule has 118 valence electrons. The minimum atomic E-state index is -3.64. The summed E-state index contributed by atoms with van der Waals surface area (Å²) in [4.78, 5) is 11.1. The van der Waals surface area contributed by atoms with Crippen LogP contribution in [0.5, 0.6) is 0 Å². The minimum Gasteiger partial charge on any atom is -0.477 e.